The number of nitrogens with one attached hydrogen (secondary N) is 1. The van der Waals surface area contributed by atoms with E-state index in [1.165, 1.54) is 6.07 Å². The van der Waals surface area contributed by atoms with E-state index in [4.69, 9.17) is 17.3 Å². The fraction of sp³-hybridized carbons (Fsp3) is 0.200. The minimum atomic E-state index is -0.595. The fourth-order valence-corrected chi connectivity index (χ4v) is 1.20. The lowest BCUT2D eigenvalue weighted by atomic mass is 10.2. The molecule has 1 aromatic carbocycles. The van der Waals surface area contributed by atoms with Crippen molar-refractivity contribution in [1.82, 2.24) is 0 Å². The molecule has 0 heterocycles. The molecule has 0 aliphatic rings. The first-order valence-corrected chi connectivity index (χ1v) is 5.04. The van der Waals surface area contributed by atoms with Crippen molar-refractivity contribution in [2.75, 3.05) is 17.9 Å². The van der Waals surface area contributed by atoms with Crippen LogP contribution in [0.5, 0.6) is 0 Å². The highest BCUT2D eigenvalue weighted by atomic mass is 35.5. The monoisotopic (exact) mass is 242 g/mol. The summed E-state index contributed by atoms with van der Waals surface area (Å²) in [5, 5.41) is 2.49. The normalized spacial score (nSPS) is 9.62. The molecule has 1 aromatic rings. The van der Waals surface area contributed by atoms with E-state index in [2.05, 4.69) is 10.1 Å². The maximum absolute atomic E-state index is 11.4. The molecule has 0 spiro atoms. The molecule has 0 aromatic heterocycles. The number of ether oxygens (including phenoxy) is 1. The van der Waals surface area contributed by atoms with Crippen LogP contribution < -0.4 is 11.1 Å². The maximum Gasteiger partial charge on any atom is 0.341 e. The first-order chi connectivity index (χ1) is 7.69. The standard InChI is InChI=1S/C10H11ClN2O3/c11-6-16-10(15)7-3-1-2-4-8(7)13-9(14)5-12/h1-4H,5-6,12H2,(H,13,14). The Morgan fingerprint density at radius 3 is 2.69 bits per heavy atom. The van der Waals surface area contributed by atoms with Crippen molar-refractivity contribution in [3.63, 3.8) is 0 Å². The highest BCUT2D eigenvalue weighted by Gasteiger charge is 2.13. The Bertz CT molecular complexity index is 395. The number of hydrogen-bond donors (Lipinski definition) is 2. The van der Waals surface area contributed by atoms with Gasteiger partial charge in [-0.1, -0.05) is 23.7 Å². The quantitative estimate of drug-likeness (QED) is 0.608. The van der Waals surface area contributed by atoms with Gasteiger partial charge < -0.3 is 15.8 Å². The predicted octanol–water partition coefficient (Wildman–Crippen LogP) is 0.937. The van der Waals surface area contributed by atoms with Crippen molar-refractivity contribution in [3.8, 4) is 0 Å². The minimum Gasteiger partial charge on any atom is -0.446 e. The number of benzene rings is 1. The lowest BCUT2D eigenvalue weighted by Gasteiger charge is -2.08. The molecule has 5 nitrogen and oxygen atoms in total. The van der Waals surface area contributed by atoms with Crippen LogP contribution in [-0.2, 0) is 9.53 Å². The number of esters is 1. The number of amides is 1. The topological polar surface area (TPSA) is 81.4 Å². The van der Waals surface area contributed by atoms with Crippen LogP contribution in [0.25, 0.3) is 0 Å². The van der Waals surface area contributed by atoms with Crippen molar-refractivity contribution in [2.24, 2.45) is 5.73 Å². The zero-order chi connectivity index (χ0) is 12.0. The third-order valence-corrected chi connectivity index (χ3v) is 1.90. The summed E-state index contributed by atoms with van der Waals surface area (Å²) in [6, 6.07) is 6.21. The van der Waals surface area contributed by atoms with Crippen molar-refractivity contribution < 1.29 is 14.3 Å². The van der Waals surface area contributed by atoms with E-state index in [-0.39, 0.29) is 24.1 Å². The largest absolute Gasteiger partial charge is 0.446 e. The van der Waals surface area contributed by atoms with Crippen LogP contribution in [0.2, 0.25) is 0 Å². The number of hydrogen-bond acceptors (Lipinski definition) is 4. The Balaban J connectivity index is 2.91. The van der Waals surface area contributed by atoms with E-state index in [9.17, 15) is 9.59 Å². The van der Waals surface area contributed by atoms with E-state index in [0.29, 0.717) is 5.69 Å². The fourth-order valence-electron chi connectivity index (χ4n) is 1.10. The zero-order valence-electron chi connectivity index (χ0n) is 8.40. The summed E-state index contributed by atoms with van der Waals surface area (Å²) in [5.74, 6) is -0.978. The Labute approximate surface area is 97.5 Å². The third kappa shape index (κ3) is 3.22. The van der Waals surface area contributed by atoms with Crippen molar-refractivity contribution >= 4 is 29.2 Å². The molecule has 0 radical (unpaired) electrons. The minimum absolute atomic E-state index is 0.154. The van der Waals surface area contributed by atoms with E-state index in [0.717, 1.165) is 0 Å². The number of halogens is 1. The van der Waals surface area contributed by atoms with Gasteiger partial charge in [0.05, 0.1) is 17.8 Å². The predicted molar refractivity (Wildman–Crippen MR) is 60.3 cm³/mol. The number of para-hydroxylation sites is 1. The van der Waals surface area contributed by atoms with Crippen LogP contribution >= 0.6 is 11.6 Å². The molecule has 86 valence electrons. The van der Waals surface area contributed by atoms with Gasteiger partial charge in [0.2, 0.25) is 5.91 Å². The van der Waals surface area contributed by atoms with Gasteiger partial charge in [-0.05, 0) is 12.1 Å². The van der Waals surface area contributed by atoms with Gasteiger partial charge in [-0.2, -0.15) is 0 Å². The van der Waals surface area contributed by atoms with E-state index in [1.807, 2.05) is 0 Å². The number of alkyl halides is 1. The number of carbonyl (C=O) groups is 2. The van der Waals surface area contributed by atoms with Gasteiger partial charge in [-0.3, -0.25) is 4.79 Å². The molecule has 1 rings (SSSR count). The summed E-state index contributed by atoms with van der Waals surface area (Å²) in [7, 11) is 0. The molecule has 0 bridgehead atoms. The second-order valence-electron chi connectivity index (χ2n) is 2.84. The summed E-state index contributed by atoms with van der Waals surface area (Å²) in [4.78, 5) is 22.5. The average Bonchev–Trinajstić information content (AvgIpc) is 2.30. The number of rotatable bonds is 4. The van der Waals surface area contributed by atoms with Crippen LogP contribution in [0, 0.1) is 0 Å². The van der Waals surface area contributed by atoms with Crippen LogP contribution in [-0.4, -0.2) is 24.5 Å². The molecule has 0 aliphatic carbocycles. The lowest BCUT2D eigenvalue weighted by Crippen LogP contribution is -2.23. The number of nitrogens with two attached hydrogens (primary N) is 1. The summed E-state index contributed by atoms with van der Waals surface area (Å²) >= 11 is 5.28. The molecule has 3 N–H and O–H groups in total. The van der Waals surface area contributed by atoms with Crippen LogP contribution in [0.3, 0.4) is 0 Å². The van der Waals surface area contributed by atoms with Gasteiger partial charge >= 0.3 is 5.97 Å². The first-order valence-electron chi connectivity index (χ1n) is 4.51. The van der Waals surface area contributed by atoms with Crippen molar-refractivity contribution in [3.05, 3.63) is 29.8 Å². The molecule has 6 heteroatoms. The summed E-state index contributed by atoms with van der Waals surface area (Å²) < 4.78 is 4.63. The van der Waals surface area contributed by atoms with Gasteiger partial charge in [0.15, 0.2) is 6.07 Å². The molecular formula is C10H11ClN2O3. The van der Waals surface area contributed by atoms with E-state index >= 15 is 0 Å². The smallest absolute Gasteiger partial charge is 0.341 e. The molecule has 0 aliphatic heterocycles. The zero-order valence-corrected chi connectivity index (χ0v) is 9.16. The number of carbonyl (C=O) groups excluding carboxylic acids is 2. The van der Waals surface area contributed by atoms with Crippen LogP contribution in [0.4, 0.5) is 5.69 Å². The Kier molecular flexibility index (Phi) is 4.75. The van der Waals surface area contributed by atoms with Crippen molar-refractivity contribution in [2.45, 2.75) is 0 Å². The van der Waals surface area contributed by atoms with Crippen molar-refractivity contribution in [1.29, 1.82) is 0 Å². The summed E-state index contributed by atoms with van der Waals surface area (Å²) in [6.07, 6.45) is 0. The van der Waals surface area contributed by atoms with Gasteiger partial charge in [0.25, 0.3) is 0 Å². The molecule has 1 amide bonds. The molecule has 16 heavy (non-hydrogen) atoms. The maximum atomic E-state index is 11.4. The molecule has 0 saturated heterocycles. The van der Waals surface area contributed by atoms with E-state index < -0.39 is 5.97 Å². The molecular weight excluding hydrogens is 232 g/mol. The average molecular weight is 243 g/mol. The van der Waals surface area contributed by atoms with Crippen LogP contribution in [0.15, 0.2) is 24.3 Å². The third-order valence-electron chi connectivity index (χ3n) is 1.79. The molecule has 0 atom stereocenters. The second kappa shape index (κ2) is 6.09. The van der Waals surface area contributed by atoms with Gasteiger partial charge in [0.1, 0.15) is 0 Å². The lowest BCUT2D eigenvalue weighted by molar-refractivity contribution is -0.114. The Morgan fingerprint density at radius 2 is 2.06 bits per heavy atom. The van der Waals surface area contributed by atoms with E-state index in [1.54, 1.807) is 18.2 Å². The highest BCUT2D eigenvalue weighted by Crippen LogP contribution is 2.16. The number of anilines is 1. The highest BCUT2D eigenvalue weighted by molar-refractivity contribution is 6.18. The van der Waals surface area contributed by atoms with Gasteiger partial charge in [0, 0.05) is 0 Å². The second-order valence-corrected chi connectivity index (χ2v) is 3.06. The summed E-state index contributed by atoms with van der Waals surface area (Å²) in [6.45, 7) is -0.154. The van der Waals surface area contributed by atoms with Gasteiger partial charge in [-0.15, -0.1) is 0 Å². The molecule has 0 fully saturated rings. The molecule has 0 unspecified atom stereocenters. The first kappa shape index (κ1) is 12.5. The van der Waals surface area contributed by atoms with Crippen LogP contribution in [0.1, 0.15) is 10.4 Å². The molecule has 0 saturated carbocycles. The van der Waals surface area contributed by atoms with Gasteiger partial charge in [-0.25, -0.2) is 4.79 Å². The summed E-state index contributed by atoms with van der Waals surface area (Å²) in [5.41, 5.74) is 5.75. The SMILES string of the molecule is NCC(=O)Nc1ccccc1C(=O)OCCl. The Hall–Kier alpha value is -1.59. The Morgan fingerprint density at radius 1 is 1.38 bits per heavy atom.